The van der Waals surface area contributed by atoms with Crippen LogP contribution in [0.1, 0.15) is 194 Å². The minimum Gasteiger partial charge on any atom is -0.386 e. The lowest BCUT2D eigenvalue weighted by atomic mass is 10.1. The highest BCUT2D eigenvalue weighted by molar-refractivity contribution is 8.00. The smallest absolute Gasteiger partial charge is 0.386 e. The molecule has 0 saturated carbocycles. The molecule has 0 N–H and O–H groups in total. The van der Waals surface area contributed by atoms with Crippen molar-refractivity contribution < 1.29 is 14.0 Å². The maximum absolute atomic E-state index is 6.60. The average molecular weight is 891 g/mol. The van der Waals surface area contributed by atoms with Gasteiger partial charge in [-0.2, -0.15) is 0 Å². The predicted molar refractivity (Wildman–Crippen MR) is 274 cm³/mol. The Hall–Kier alpha value is -1.35. The molecule has 61 heavy (non-hydrogen) atoms. The van der Waals surface area contributed by atoms with E-state index in [1.807, 2.05) is 35.3 Å². The number of rotatable bonds is 42. The lowest BCUT2D eigenvalue weighted by Gasteiger charge is -2.22. The maximum atomic E-state index is 6.60. The molecule has 0 heterocycles. The van der Waals surface area contributed by atoms with Gasteiger partial charge in [0.1, 0.15) is 0 Å². The molecule has 0 bridgehead atoms. The predicted octanol–water partition coefficient (Wildman–Crippen LogP) is 18.1. The number of benzene rings is 3. The second kappa shape index (κ2) is 39.1. The van der Waals surface area contributed by atoms with E-state index in [9.17, 15) is 0 Å². The van der Waals surface area contributed by atoms with Gasteiger partial charge in [-0.05, 0) is 74.9 Å². The van der Waals surface area contributed by atoms with Crippen molar-refractivity contribution in [3.8, 4) is 0 Å². The summed E-state index contributed by atoms with van der Waals surface area (Å²) in [5, 5.41) is 1.54. The Bertz CT molecular complexity index is 1190. The van der Waals surface area contributed by atoms with Crippen molar-refractivity contribution in [2.45, 2.75) is 225 Å². The van der Waals surface area contributed by atoms with Crippen LogP contribution in [-0.4, -0.2) is 42.9 Å². The SMILES string of the molecule is CCCCCCCCCC(CCOB(OCCC(CCCCCCCCC)Sc1ccccc1)OCCC(CCCCCCCCC)Sc1ccccc1)Sc1ccccc1. The lowest BCUT2D eigenvalue weighted by Crippen LogP contribution is -2.30. The maximum Gasteiger partial charge on any atom is 0.639 e. The van der Waals surface area contributed by atoms with Crippen LogP contribution in [0.3, 0.4) is 0 Å². The topological polar surface area (TPSA) is 27.7 Å². The molecule has 0 aliphatic rings. The molecule has 3 aromatic carbocycles. The lowest BCUT2D eigenvalue weighted by molar-refractivity contribution is 0.0895. The largest absolute Gasteiger partial charge is 0.639 e. The van der Waals surface area contributed by atoms with Gasteiger partial charge in [-0.1, -0.05) is 210 Å². The van der Waals surface area contributed by atoms with E-state index in [0.29, 0.717) is 35.6 Å². The summed E-state index contributed by atoms with van der Waals surface area (Å²) in [4.78, 5) is 4.06. The molecule has 0 aliphatic carbocycles. The van der Waals surface area contributed by atoms with Crippen LogP contribution < -0.4 is 0 Å². The molecule has 3 rings (SSSR count). The van der Waals surface area contributed by atoms with Crippen LogP contribution in [-0.2, 0) is 14.0 Å². The van der Waals surface area contributed by atoms with Crippen LogP contribution in [0.15, 0.2) is 106 Å². The Morgan fingerprint density at radius 2 is 0.574 bits per heavy atom. The van der Waals surface area contributed by atoms with Crippen LogP contribution in [0.25, 0.3) is 0 Å². The Labute approximate surface area is 389 Å². The van der Waals surface area contributed by atoms with E-state index in [1.165, 1.54) is 169 Å². The van der Waals surface area contributed by atoms with Crippen LogP contribution >= 0.6 is 35.3 Å². The molecule has 3 atom stereocenters. The van der Waals surface area contributed by atoms with Crippen LogP contribution in [0.4, 0.5) is 0 Å². The monoisotopic (exact) mass is 891 g/mol. The van der Waals surface area contributed by atoms with Crippen molar-refractivity contribution in [3.05, 3.63) is 91.0 Å². The first-order chi connectivity index (χ1) is 30.2. The summed E-state index contributed by atoms with van der Waals surface area (Å²) in [7, 11) is -0.636. The van der Waals surface area contributed by atoms with Crippen LogP contribution in [0.5, 0.6) is 0 Å². The summed E-state index contributed by atoms with van der Waals surface area (Å²) in [6, 6.07) is 32.9. The van der Waals surface area contributed by atoms with Crippen molar-refractivity contribution in [2.24, 2.45) is 0 Å². The second-order valence-corrected chi connectivity index (χ2v) is 21.3. The van der Waals surface area contributed by atoms with E-state index in [4.69, 9.17) is 14.0 Å². The zero-order chi connectivity index (χ0) is 43.1. The van der Waals surface area contributed by atoms with Crippen LogP contribution in [0.2, 0.25) is 0 Å². The molecule has 0 saturated heterocycles. The van der Waals surface area contributed by atoms with Crippen molar-refractivity contribution in [1.82, 2.24) is 0 Å². The highest BCUT2D eigenvalue weighted by Gasteiger charge is 2.24. The van der Waals surface area contributed by atoms with E-state index in [1.54, 1.807) is 0 Å². The van der Waals surface area contributed by atoms with Crippen molar-refractivity contribution in [1.29, 1.82) is 0 Å². The number of hydrogen-bond donors (Lipinski definition) is 0. The number of unbranched alkanes of at least 4 members (excludes halogenated alkanes) is 18. The Morgan fingerprint density at radius 3 is 0.836 bits per heavy atom. The molecule has 3 nitrogen and oxygen atoms in total. The van der Waals surface area contributed by atoms with E-state index in [0.717, 1.165) is 19.3 Å². The molecule has 0 aromatic heterocycles. The van der Waals surface area contributed by atoms with E-state index < -0.39 is 7.32 Å². The van der Waals surface area contributed by atoms with Gasteiger partial charge < -0.3 is 14.0 Å². The molecule has 7 heteroatoms. The van der Waals surface area contributed by atoms with Gasteiger partial charge in [-0.25, -0.2) is 0 Å². The zero-order valence-electron chi connectivity index (χ0n) is 39.1. The average Bonchev–Trinajstić information content (AvgIpc) is 3.28. The minimum atomic E-state index is -0.636. The number of thioether (sulfide) groups is 3. The fourth-order valence-corrected chi connectivity index (χ4v) is 11.5. The summed E-state index contributed by atoms with van der Waals surface area (Å²) < 4.78 is 19.8. The Morgan fingerprint density at radius 1 is 0.328 bits per heavy atom. The fourth-order valence-electron chi connectivity index (χ4n) is 7.88. The number of hydrogen-bond acceptors (Lipinski definition) is 6. The molecular weight excluding hydrogens is 804 g/mol. The van der Waals surface area contributed by atoms with Gasteiger partial charge in [0.2, 0.25) is 0 Å². The van der Waals surface area contributed by atoms with Crippen LogP contribution in [0, 0.1) is 0 Å². The van der Waals surface area contributed by atoms with Crippen molar-refractivity contribution >= 4 is 42.6 Å². The highest BCUT2D eigenvalue weighted by atomic mass is 32.2. The normalized spacial score (nSPS) is 13.0. The first-order valence-corrected chi connectivity index (χ1v) is 27.8. The van der Waals surface area contributed by atoms with E-state index in [-0.39, 0.29) is 0 Å². The van der Waals surface area contributed by atoms with Gasteiger partial charge in [0.15, 0.2) is 0 Å². The minimum absolute atomic E-state index is 0.515. The first kappa shape index (κ1) is 54.0. The zero-order valence-corrected chi connectivity index (χ0v) is 41.6. The highest BCUT2D eigenvalue weighted by Crippen LogP contribution is 2.32. The van der Waals surface area contributed by atoms with Gasteiger partial charge in [0, 0.05) is 50.3 Å². The van der Waals surface area contributed by atoms with E-state index >= 15 is 0 Å². The quantitative estimate of drug-likeness (QED) is 0.0320. The van der Waals surface area contributed by atoms with Crippen molar-refractivity contribution in [2.75, 3.05) is 19.8 Å². The van der Waals surface area contributed by atoms with Crippen molar-refractivity contribution in [3.63, 3.8) is 0 Å². The van der Waals surface area contributed by atoms with E-state index in [2.05, 4.69) is 112 Å². The molecule has 3 unspecified atom stereocenters. The summed E-state index contributed by atoms with van der Waals surface area (Å²) >= 11 is 6.06. The van der Waals surface area contributed by atoms with Gasteiger partial charge in [-0.3, -0.25) is 0 Å². The first-order valence-electron chi connectivity index (χ1n) is 25.2. The van der Waals surface area contributed by atoms with Gasteiger partial charge in [-0.15, -0.1) is 35.3 Å². The molecule has 342 valence electrons. The third-order valence-electron chi connectivity index (χ3n) is 11.6. The Kier molecular flexibility index (Phi) is 34.6. The third-order valence-corrected chi connectivity index (χ3v) is 15.7. The molecule has 3 aromatic rings. The summed E-state index contributed by atoms with van der Waals surface area (Å²) in [5.74, 6) is 0. The van der Waals surface area contributed by atoms with Gasteiger partial charge in [0.25, 0.3) is 0 Å². The molecule has 0 aliphatic heterocycles. The van der Waals surface area contributed by atoms with Gasteiger partial charge in [0.05, 0.1) is 0 Å². The molecule has 0 radical (unpaired) electrons. The fraction of sp³-hybridized carbons (Fsp3) is 0.667. The molecule has 0 spiro atoms. The molecular formula is C54H87BO3S3. The second-order valence-electron chi connectivity index (χ2n) is 17.2. The summed E-state index contributed by atoms with van der Waals surface area (Å²) in [6.07, 6.45) is 34.8. The molecule has 0 fully saturated rings. The third kappa shape index (κ3) is 29.7. The Balaban J connectivity index is 1.62. The summed E-state index contributed by atoms with van der Waals surface area (Å²) in [6.45, 7) is 8.83. The standard InChI is InChI=1S/C54H87BO3S3/c1-4-7-10-13-16-19-25-40-52(59-49-34-28-22-29-35-49)43-46-56-55(57-47-44-53(60-50-36-30-23-31-37-50)41-26-20-17-14-11-8-5-2)58-48-45-54(61-51-38-32-24-33-39-51)42-27-21-18-15-12-9-6-3/h22-24,28-39,52-54H,4-21,25-27,40-48H2,1-3H3. The summed E-state index contributed by atoms with van der Waals surface area (Å²) in [5.41, 5.74) is 0. The molecule has 0 amide bonds. The van der Waals surface area contributed by atoms with Gasteiger partial charge >= 0.3 is 7.32 Å².